The van der Waals surface area contributed by atoms with E-state index in [0.29, 0.717) is 12.6 Å². The van der Waals surface area contributed by atoms with E-state index in [1.807, 2.05) is 36.4 Å². The predicted octanol–water partition coefficient (Wildman–Crippen LogP) is 3.71. The Bertz CT molecular complexity index is 877. The molecule has 2 amide bonds. The van der Waals surface area contributed by atoms with Crippen molar-refractivity contribution in [3.05, 3.63) is 48.0 Å². The molecule has 166 valence electrons. The van der Waals surface area contributed by atoms with Crippen LogP contribution in [0.3, 0.4) is 0 Å². The lowest BCUT2D eigenvalue weighted by Gasteiger charge is -2.29. The molecule has 1 fully saturated rings. The minimum atomic E-state index is -0.358. The molecule has 2 N–H and O–H groups in total. The van der Waals surface area contributed by atoms with E-state index in [4.69, 9.17) is 9.47 Å². The van der Waals surface area contributed by atoms with Gasteiger partial charge in [-0.25, -0.2) is 4.79 Å². The number of carbonyl (C=O) groups excluding carboxylic acids is 2. The fourth-order valence-corrected chi connectivity index (χ4v) is 3.90. The second-order valence-corrected chi connectivity index (χ2v) is 7.80. The standard InChI is InChI=1S/C24H31N3O4/c1-25-24(29)31-22-11-7-20(8-12-22)26-15-19-14-18(6-13-23(19)30-3)17-4-9-21(10-5-17)27(2)16-28/h4-6,9-10,13-14,16,20,22,26H,7-8,11-12,15H2,1-3H3,(H,25,29). The molecule has 7 nitrogen and oxygen atoms in total. The second kappa shape index (κ2) is 10.8. The first-order chi connectivity index (χ1) is 15.0. The van der Waals surface area contributed by atoms with Crippen molar-refractivity contribution >= 4 is 18.2 Å². The highest BCUT2D eigenvalue weighted by atomic mass is 16.6. The normalized spacial score (nSPS) is 18.2. The van der Waals surface area contributed by atoms with Crippen LogP contribution in [0.15, 0.2) is 42.5 Å². The number of hydrogen-bond donors (Lipinski definition) is 2. The maximum atomic E-state index is 11.4. The first-order valence-electron chi connectivity index (χ1n) is 10.6. The summed E-state index contributed by atoms with van der Waals surface area (Å²) in [7, 11) is 5.00. The Morgan fingerprint density at radius 3 is 2.39 bits per heavy atom. The summed E-state index contributed by atoms with van der Waals surface area (Å²) in [5, 5.41) is 6.13. The number of nitrogens with one attached hydrogen (secondary N) is 2. The van der Waals surface area contributed by atoms with Crippen LogP contribution in [0.5, 0.6) is 5.75 Å². The minimum Gasteiger partial charge on any atom is -0.496 e. The van der Waals surface area contributed by atoms with E-state index >= 15 is 0 Å². The van der Waals surface area contributed by atoms with Crippen molar-refractivity contribution in [1.29, 1.82) is 0 Å². The summed E-state index contributed by atoms with van der Waals surface area (Å²) >= 11 is 0. The van der Waals surface area contributed by atoms with Crippen molar-refractivity contribution in [2.24, 2.45) is 0 Å². The van der Waals surface area contributed by atoms with Crippen molar-refractivity contribution in [3.8, 4) is 16.9 Å². The van der Waals surface area contributed by atoms with Gasteiger partial charge in [-0.05, 0) is 61.1 Å². The quantitative estimate of drug-likeness (QED) is 0.631. The van der Waals surface area contributed by atoms with Gasteiger partial charge in [0.15, 0.2) is 0 Å². The van der Waals surface area contributed by atoms with Gasteiger partial charge in [-0.15, -0.1) is 0 Å². The highest BCUT2D eigenvalue weighted by Gasteiger charge is 2.23. The molecule has 1 aliphatic rings. The summed E-state index contributed by atoms with van der Waals surface area (Å²) in [5.41, 5.74) is 4.13. The van der Waals surface area contributed by atoms with Crippen LogP contribution < -0.4 is 20.3 Å². The highest BCUT2D eigenvalue weighted by Crippen LogP contribution is 2.29. The molecule has 0 heterocycles. The lowest BCUT2D eigenvalue weighted by atomic mass is 9.92. The van der Waals surface area contributed by atoms with Gasteiger partial charge in [0.1, 0.15) is 11.9 Å². The molecule has 7 heteroatoms. The van der Waals surface area contributed by atoms with E-state index in [1.165, 1.54) is 0 Å². The van der Waals surface area contributed by atoms with Crippen LogP contribution in [0.1, 0.15) is 31.2 Å². The number of alkyl carbamates (subject to hydrolysis) is 1. The molecule has 1 aliphatic carbocycles. The first-order valence-corrected chi connectivity index (χ1v) is 10.6. The van der Waals surface area contributed by atoms with Crippen molar-refractivity contribution in [2.45, 2.75) is 44.4 Å². The van der Waals surface area contributed by atoms with Crippen LogP contribution in [0.4, 0.5) is 10.5 Å². The van der Waals surface area contributed by atoms with Gasteiger partial charge in [0.25, 0.3) is 0 Å². The molecule has 0 aromatic heterocycles. The number of hydrogen-bond acceptors (Lipinski definition) is 5. The molecule has 31 heavy (non-hydrogen) atoms. The average molecular weight is 426 g/mol. The summed E-state index contributed by atoms with van der Waals surface area (Å²) in [4.78, 5) is 23.9. The largest absolute Gasteiger partial charge is 0.496 e. The zero-order valence-electron chi connectivity index (χ0n) is 18.4. The predicted molar refractivity (Wildman–Crippen MR) is 121 cm³/mol. The van der Waals surface area contributed by atoms with Crippen LogP contribution in [0.25, 0.3) is 11.1 Å². The second-order valence-electron chi connectivity index (χ2n) is 7.80. The molecular weight excluding hydrogens is 394 g/mol. The molecule has 3 rings (SSSR count). The highest BCUT2D eigenvalue weighted by molar-refractivity contribution is 5.76. The van der Waals surface area contributed by atoms with Gasteiger partial charge in [-0.2, -0.15) is 0 Å². The van der Waals surface area contributed by atoms with E-state index in [2.05, 4.69) is 16.7 Å². The zero-order valence-corrected chi connectivity index (χ0v) is 18.4. The molecule has 0 aliphatic heterocycles. The zero-order chi connectivity index (χ0) is 22.2. The molecule has 0 saturated heterocycles. The number of ether oxygens (including phenoxy) is 2. The molecule has 2 aromatic rings. The van der Waals surface area contributed by atoms with Gasteiger partial charge in [0.05, 0.1) is 7.11 Å². The lowest BCUT2D eigenvalue weighted by Crippen LogP contribution is -2.36. The number of rotatable bonds is 8. The van der Waals surface area contributed by atoms with Gasteiger partial charge >= 0.3 is 6.09 Å². The summed E-state index contributed by atoms with van der Waals surface area (Å²) < 4.78 is 10.9. The molecule has 2 aromatic carbocycles. The summed E-state index contributed by atoms with van der Waals surface area (Å²) in [6.07, 6.45) is 4.10. The lowest BCUT2D eigenvalue weighted by molar-refractivity contribution is -0.107. The van der Waals surface area contributed by atoms with Crippen molar-refractivity contribution in [1.82, 2.24) is 10.6 Å². The Morgan fingerprint density at radius 2 is 1.77 bits per heavy atom. The van der Waals surface area contributed by atoms with Gasteiger partial charge in [0, 0.05) is 37.9 Å². The van der Waals surface area contributed by atoms with Crippen LogP contribution in [0, 0.1) is 0 Å². The number of carbonyl (C=O) groups is 2. The van der Waals surface area contributed by atoms with Gasteiger partial charge in [0.2, 0.25) is 6.41 Å². The molecule has 1 saturated carbocycles. The number of benzene rings is 2. The molecule has 0 radical (unpaired) electrons. The SMILES string of the molecule is CNC(=O)OC1CCC(NCc2cc(-c3ccc(N(C)C=O)cc3)ccc2OC)CC1. The Labute approximate surface area is 183 Å². The first kappa shape index (κ1) is 22.6. The van der Waals surface area contributed by atoms with E-state index < -0.39 is 0 Å². The van der Waals surface area contributed by atoms with Crippen molar-refractivity contribution in [2.75, 3.05) is 26.1 Å². The number of methoxy groups -OCH3 is 1. The summed E-state index contributed by atoms with van der Waals surface area (Å²) in [6.45, 7) is 0.703. The van der Waals surface area contributed by atoms with Crippen LogP contribution in [-0.4, -0.2) is 45.9 Å². The third-order valence-corrected chi connectivity index (χ3v) is 5.78. The van der Waals surface area contributed by atoms with E-state index in [0.717, 1.165) is 60.2 Å². The average Bonchev–Trinajstić information content (AvgIpc) is 2.82. The van der Waals surface area contributed by atoms with Crippen LogP contribution >= 0.6 is 0 Å². The van der Waals surface area contributed by atoms with E-state index in [1.54, 1.807) is 26.1 Å². The van der Waals surface area contributed by atoms with Crippen molar-refractivity contribution in [3.63, 3.8) is 0 Å². The Balaban J connectivity index is 1.62. The third-order valence-electron chi connectivity index (χ3n) is 5.78. The monoisotopic (exact) mass is 425 g/mol. The Kier molecular flexibility index (Phi) is 7.89. The van der Waals surface area contributed by atoms with Crippen molar-refractivity contribution < 1.29 is 19.1 Å². The number of nitrogens with zero attached hydrogens (tertiary/aromatic N) is 1. The van der Waals surface area contributed by atoms with E-state index in [-0.39, 0.29) is 12.2 Å². The molecular formula is C24H31N3O4. The van der Waals surface area contributed by atoms with Crippen LogP contribution in [-0.2, 0) is 16.1 Å². The smallest absolute Gasteiger partial charge is 0.407 e. The number of amides is 2. The third kappa shape index (κ3) is 5.98. The summed E-state index contributed by atoms with van der Waals surface area (Å²) in [5.74, 6) is 0.852. The van der Waals surface area contributed by atoms with E-state index in [9.17, 15) is 9.59 Å². The minimum absolute atomic E-state index is 0.00269. The summed E-state index contributed by atoms with van der Waals surface area (Å²) in [6, 6.07) is 14.5. The maximum Gasteiger partial charge on any atom is 0.407 e. The topological polar surface area (TPSA) is 79.9 Å². The van der Waals surface area contributed by atoms with Gasteiger partial charge < -0.3 is 25.0 Å². The maximum absolute atomic E-state index is 11.4. The fourth-order valence-electron chi connectivity index (χ4n) is 3.90. The number of anilines is 1. The Morgan fingerprint density at radius 1 is 1.10 bits per heavy atom. The van der Waals surface area contributed by atoms with Gasteiger partial charge in [-0.1, -0.05) is 18.2 Å². The van der Waals surface area contributed by atoms with Crippen LogP contribution in [0.2, 0.25) is 0 Å². The molecule has 0 unspecified atom stereocenters. The molecule has 0 bridgehead atoms. The Hall–Kier alpha value is -3.06. The fraction of sp³-hybridized carbons (Fsp3) is 0.417. The molecule has 0 spiro atoms. The van der Waals surface area contributed by atoms with Gasteiger partial charge in [-0.3, -0.25) is 4.79 Å². The molecule has 0 atom stereocenters.